The van der Waals surface area contributed by atoms with Crippen LogP contribution in [-0.2, 0) is 0 Å². The van der Waals surface area contributed by atoms with Gasteiger partial charge in [0.1, 0.15) is 5.69 Å². The first-order chi connectivity index (χ1) is 17.9. The van der Waals surface area contributed by atoms with Crippen molar-refractivity contribution in [3.63, 3.8) is 0 Å². The van der Waals surface area contributed by atoms with E-state index in [1.807, 2.05) is 61.5 Å². The van der Waals surface area contributed by atoms with Crippen LogP contribution in [0.1, 0.15) is 26.3 Å². The summed E-state index contributed by atoms with van der Waals surface area (Å²) >= 11 is 0. The van der Waals surface area contributed by atoms with Gasteiger partial charge in [-0.15, -0.1) is 0 Å². The summed E-state index contributed by atoms with van der Waals surface area (Å²) < 4.78 is 0. The second-order valence-corrected chi connectivity index (χ2v) is 9.13. The predicted octanol–water partition coefficient (Wildman–Crippen LogP) is 5.29. The number of allylic oxidation sites excluding steroid dienone is 2. The highest BCUT2D eigenvalue weighted by molar-refractivity contribution is 5.93. The molecule has 7 nitrogen and oxygen atoms in total. The van der Waals surface area contributed by atoms with Crippen molar-refractivity contribution in [3.05, 3.63) is 96.0 Å². The summed E-state index contributed by atoms with van der Waals surface area (Å²) in [5.41, 5.74) is 7.83. The minimum absolute atomic E-state index is 0.316. The largest absolute Gasteiger partial charge is 0.358 e. The van der Waals surface area contributed by atoms with Crippen LogP contribution < -0.4 is 15.9 Å². The van der Waals surface area contributed by atoms with E-state index in [1.165, 1.54) is 0 Å². The van der Waals surface area contributed by atoms with Gasteiger partial charge >= 0.3 is 0 Å². The van der Waals surface area contributed by atoms with Crippen molar-refractivity contribution in [2.45, 2.75) is 20.8 Å². The summed E-state index contributed by atoms with van der Waals surface area (Å²) in [4.78, 5) is 17.3. The van der Waals surface area contributed by atoms with Crippen molar-refractivity contribution in [3.8, 4) is 22.8 Å². The Balaban J connectivity index is 1.57. The first kappa shape index (κ1) is 23.9. The molecule has 0 unspecified atom stereocenters. The third kappa shape index (κ3) is 4.84. The summed E-state index contributed by atoms with van der Waals surface area (Å²) in [5.74, 6) is 0.986. The van der Waals surface area contributed by atoms with E-state index in [2.05, 4.69) is 57.5 Å². The molecule has 0 spiro atoms. The molecule has 0 atom stereocenters. The van der Waals surface area contributed by atoms with Gasteiger partial charge < -0.3 is 10.3 Å². The molecule has 0 fully saturated rings. The van der Waals surface area contributed by atoms with Gasteiger partial charge in [-0.3, -0.25) is 15.1 Å². The zero-order valence-corrected chi connectivity index (χ0v) is 21.2. The smallest absolute Gasteiger partial charge is 0.159 e. The van der Waals surface area contributed by atoms with Crippen LogP contribution in [0.15, 0.2) is 79.9 Å². The maximum atomic E-state index is 4.94. The maximum absolute atomic E-state index is 4.94. The summed E-state index contributed by atoms with van der Waals surface area (Å²) in [6.45, 7) is 14.6. The van der Waals surface area contributed by atoms with Crippen LogP contribution in [0.4, 0.5) is 5.69 Å². The van der Waals surface area contributed by atoms with Gasteiger partial charge in [-0.05, 0) is 48.8 Å². The van der Waals surface area contributed by atoms with Crippen molar-refractivity contribution >= 4 is 34.4 Å². The summed E-state index contributed by atoms with van der Waals surface area (Å²) in [5, 5.41) is 12.8. The van der Waals surface area contributed by atoms with Gasteiger partial charge in [0, 0.05) is 34.4 Å². The zero-order valence-electron chi connectivity index (χ0n) is 21.2. The van der Waals surface area contributed by atoms with Gasteiger partial charge in [0.2, 0.25) is 0 Å². The average molecular weight is 488 g/mol. The number of hydrogen-bond donors (Lipinski definition) is 3. The number of H-pyrrole nitrogens is 2. The fraction of sp³-hybridized carbons (Fsp3) is 0.133. The highest BCUT2D eigenvalue weighted by Crippen LogP contribution is 2.27. The minimum atomic E-state index is 0.316. The van der Waals surface area contributed by atoms with Gasteiger partial charge in [-0.25, -0.2) is 4.98 Å². The standard InChI is InChI=1S/C30H29N7/c1-6-25-24(14-19(4)21-15-22(17-31-16-21)33-20(5)18(2)3)29(37-36-25)30-34-27-12-9-10-23(28(27)35-30)26-11-7-8-13-32-26/h6-18,33,36H,4-5H2,1-3H3,(H,34,35)/b24-14+,25-6+. The van der Waals surface area contributed by atoms with E-state index >= 15 is 0 Å². The Morgan fingerprint density at radius 1 is 1.08 bits per heavy atom. The Kier molecular flexibility index (Phi) is 6.51. The van der Waals surface area contributed by atoms with E-state index in [0.29, 0.717) is 17.4 Å². The lowest BCUT2D eigenvalue weighted by molar-refractivity contribution is 0.778. The normalized spacial score (nSPS) is 12.4. The SMILES string of the molecule is C=C(/C=c1/c(-c2nc3c(-c4ccccn4)cccc3[nH]2)n[nH]/c1=C/C)c1cncc(NC(=C)C(C)C)c1. The Labute approximate surface area is 215 Å². The van der Waals surface area contributed by atoms with Crippen LogP contribution >= 0.6 is 0 Å². The van der Waals surface area contributed by atoms with Gasteiger partial charge in [0.25, 0.3) is 0 Å². The molecular weight excluding hydrogens is 458 g/mol. The predicted molar refractivity (Wildman–Crippen MR) is 152 cm³/mol. The number of aromatic amines is 2. The van der Waals surface area contributed by atoms with E-state index in [4.69, 9.17) is 4.98 Å². The molecule has 7 heteroatoms. The molecule has 0 aliphatic carbocycles. The highest BCUT2D eigenvalue weighted by atomic mass is 15.1. The number of imidazole rings is 1. The van der Waals surface area contributed by atoms with E-state index in [0.717, 1.165) is 55.4 Å². The number of benzene rings is 1. The molecule has 0 saturated carbocycles. The quantitative estimate of drug-likeness (QED) is 0.290. The average Bonchev–Trinajstić information content (AvgIpc) is 3.52. The zero-order chi connectivity index (χ0) is 25.9. The Morgan fingerprint density at radius 2 is 1.95 bits per heavy atom. The molecule has 37 heavy (non-hydrogen) atoms. The number of nitrogens with zero attached hydrogens (tertiary/aromatic N) is 4. The molecule has 0 bridgehead atoms. The topological polar surface area (TPSA) is 95.2 Å². The Morgan fingerprint density at radius 3 is 2.70 bits per heavy atom. The Hall–Kier alpha value is -4.78. The van der Waals surface area contributed by atoms with Gasteiger partial charge in [0.15, 0.2) is 5.82 Å². The second kappa shape index (κ2) is 10.1. The fourth-order valence-corrected chi connectivity index (χ4v) is 4.06. The van der Waals surface area contributed by atoms with E-state index in [9.17, 15) is 0 Å². The minimum Gasteiger partial charge on any atom is -0.358 e. The lowest BCUT2D eigenvalue weighted by Crippen LogP contribution is -2.23. The van der Waals surface area contributed by atoms with Crippen LogP contribution in [-0.4, -0.2) is 30.1 Å². The number of rotatable bonds is 7. The molecule has 5 aromatic rings. The number of hydrogen-bond acceptors (Lipinski definition) is 5. The van der Waals surface area contributed by atoms with Gasteiger partial charge in [0.05, 0.1) is 34.0 Å². The molecule has 0 saturated heterocycles. The number of fused-ring (bicyclic) bond motifs is 1. The molecule has 0 aliphatic heterocycles. The number of anilines is 1. The van der Waals surface area contributed by atoms with Crippen LogP contribution in [0.25, 0.3) is 51.5 Å². The van der Waals surface area contributed by atoms with Crippen LogP contribution in [0.3, 0.4) is 0 Å². The highest BCUT2D eigenvalue weighted by Gasteiger charge is 2.14. The molecule has 3 N–H and O–H groups in total. The molecule has 184 valence electrons. The molecule has 5 rings (SSSR count). The lowest BCUT2D eigenvalue weighted by atomic mass is 10.1. The Bertz CT molecular complexity index is 1720. The first-order valence-electron chi connectivity index (χ1n) is 12.2. The molecule has 0 radical (unpaired) electrons. The third-order valence-corrected chi connectivity index (χ3v) is 6.23. The van der Waals surface area contributed by atoms with Gasteiger partial charge in [-0.1, -0.05) is 51.3 Å². The van der Waals surface area contributed by atoms with Gasteiger partial charge in [-0.2, -0.15) is 5.10 Å². The first-order valence-corrected chi connectivity index (χ1v) is 12.2. The number of para-hydroxylation sites is 1. The maximum Gasteiger partial charge on any atom is 0.159 e. The van der Waals surface area contributed by atoms with Crippen molar-refractivity contribution in [1.29, 1.82) is 0 Å². The second-order valence-electron chi connectivity index (χ2n) is 9.13. The molecular formula is C30H29N7. The van der Waals surface area contributed by atoms with E-state index < -0.39 is 0 Å². The van der Waals surface area contributed by atoms with Crippen molar-refractivity contribution in [2.75, 3.05) is 5.32 Å². The number of nitrogens with one attached hydrogen (secondary N) is 3. The number of pyridine rings is 2. The van der Waals surface area contributed by atoms with E-state index in [-0.39, 0.29) is 0 Å². The third-order valence-electron chi connectivity index (χ3n) is 6.23. The molecule has 4 aromatic heterocycles. The lowest BCUT2D eigenvalue weighted by Gasteiger charge is -2.13. The molecule has 0 aliphatic rings. The van der Waals surface area contributed by atoms with Crippen LogP contribution in [0.2, 0.25) is 0 Å². The van der Waals surface area contributed by atoms with Crippen LogP contribution in [0, 0.1) is 5.92 Å². The monoisotopic (exact) mass is 487 g/mol. The van der Waals surface area contributed by atoms with E-state index in [1.54, 1.807) is 18.6 Å². The van der Waals surface area contributed by atoms with Crippen molar-refractivity contribution in [2.24, 2.45) is 5.92 Å². The fourth-order valence-electron chi connectivity index (χ4n) is 4.06. The summed E-state index contributed by atoms with van der Waals surface area (Å²) in [6, 6.07) is 13.9. The number of aromatic nitrogens is 6. The molecule has 0 amide bonds. The van der Waals surface area contributed by atoms with Crippen molar-refractivity contribution in [1.82, 2.24) is 30.1 Å². The molecule has 4 heterocycles. The van der Waals surface area contributed by atoms with Crippen molar-refractivity contribution < 1.29 is 0 Å². The molecule has 1 aromatic carbocycles. The summed E-state index contributed by atoms with van der Waals surface area (Å²) in [6.07, 6.45) is 9.37. The summed E-state index contributed by atoms with van der Waals surface area (Å²) in [7, 11) is 0. The van der Waals surface area contributed by atoms with Crippen LogP contribution in [0.5, 0.6) is 0 Å².